The third kappa shape index (κ3) is 2.77. The quantitative estimate of drug-likeness (QED) is 0.684. The molecule has 0 aliphatic rings. The van der Waals surface area contributed by atoms with E-state index >= 15 is 0 Å². The van der Waals surface area contributed by atoms with Gasteiger partial charge in [-0.3, -0.25) is 10.1 Å². The second-order valence-corrected chi connectivity index (χ2v) is 2.95. The first-order valence-electron chi connectivity index (χ1n) is 3.92. The summed E-state index contributed by atoms with van der Waals surface area (Å²) in [6.45, 7) is 0. The Labute approximate surface area is 86.3 Å². The molecule has 0 saturated carbocycles. The minimum absolute atomic E-state index is 0.235. The number of thiocarbonyl (C=S) groups is 1. The Hall–Kier alpha value is -1.49. The SMILES string of the molecule is CNC(=S)NC(=O)c1ccc(F)cc1. The van der Waals surface area contributed by atoms with Crippen molar-refractivity contribution >= 4 is 23.2 Å². The van der Waals surface area contributed by atoms with Gasteiger partial charge in [-0.1, -0.05) is 0 Å². The maximum absolute atomic E-state index is 12.5. The molecule has 0 radical (unpaired) electrons. The predicted octanol–water partition coefficient (Wildman–Crippen LogP) is 1.06. The third-order valence-electron chi connectivity index (χ3n) is 1.56. The number of hydrogen-bond acceptors (Lipinski definition) is 2. The second kappa shape index (κ2) is 4.66. The van der Waals surface area contributed by atoms with E-state index in [-0.39, 0.29) is 16.8 Å². The fourth-order valence-corrected chi connectivity index (χ4v) is 0.932. The van der Waals surface area contributed by atoms with E-state index < -0.39 is 0 Å². The molecule has 0 saturated heterocycles. The molecule has 1 amide bonds. The van der Waals surface area contributed by atoms with Gasteiger partial charge in [-0.25, -0.2) is 4.39 Å². The number of hydrogen-bond donors (Lipinski definition) is 2. The maximum atomic E-state index is 12.5. The van der Waals surface area contributed by atoms with Crippen LogP contribution in [0.3, 0.4) is 0 Å². The summed E-state index contributed by atoms with van der Waals surface area (Å²) in [5.41, 5.74) is 0.365. The van der Waals surface area contributed by atoms with E-state index in [1.165, 1.54) is 24.3 Å². The molecule has 0 atom stereocenters. The summed E-state index contributed by atoms with van der Waals surface area (Å²) in [5.74, 6) is -0.734. The van der Waals surface area contributed by atoms with E-state index in [9.17, 15) is 9.18 Å². The third-order valence-corrected chi connectivity index (χ3v) is 1.87. The zero-order chi connectivity index (χ0) is 10.6. The van der Waals surface area contributed by atoms with Crippen molar-refractivity contribution in [3.8, 4) is 0 Å². The molecule has 14 heavy (non-hydrogen) atoms. The first kappa shape index (κ1) is 10.6. The minimum atomic E-state index is -0.377. The lowest BCUT2D eigenvalue weighted by Gasteiger charge is -2.04. The van der Waals surface area contributed by atoms with Crippen LogP contribution in [-0.2, 0) is 0 Å². The largest absolute Gasteiger partial charge is 0.365 e. The van der Waals surface area contributed by atoms with Gasteiger partial charge in [-0.2, -0.15) is 0 Å². The number of carbonyl (C=O) groups is 1. The predicted molar refractivity (Wildman–Crippen MR) is 55.5 cm³/mol. The number of rotatable bonds is 1. The number of halogens is 1. The van der Waals surface area contributed by atoms with Crippen molar-refractivity contribution in [2.24, 2.45) is 0 Å². The number of benzene rings is 1. The summed E-state index contributed by atoms with van der Waals surface area (Å²) in [6.07, 6.45) is 0. The Morgan fingerprint density at radius 2 is 1.93 bits per heavy atom. The first-order chi connectivity index (χ1) is 6.63. The van der Waals surface area contributed by atoms with Gasteiger partial charge in [0.25, 0.3) is 5.91 Å². The van der Waals surface area contributed by atoms with Crippen molar-refractivity contribution in [1.29, 1.82) is 0 Å². The standard InChI is InChI=1S/C9H9FN2OS/c1-11-9(14)12-8(13)6-2-4-7(10)5-3-6/h2-5H,1H3,(H2,11,12,13,14). The van der Waals surface area contributed by atoms with Crippen LogP contribution < -0.4 is 10.6 Å². The highest BCUT2D eigenvalue weighted by Crippen LogP contribution is 2.01. The minimum Gasteiger partial charge on any atom is -0.365 e. The van der Waals surface area contributed by atoms with Gasteiger partial charge in [0, 0.05) is 12.6 Å². The number of amides is 1. The van der Waals surface area contributed by atoms with Crippen LogP contribution in [0.25, 0.3) is 0 Å². The zero-order valence-electron chi connectivity index (χ0n) is 7.50. The molecular weight excluding hydrogens is 203 g/mol. The summed E-state index contributed by atoms with van der Waals surface area (Å²) in [4.78, 5) is 11.4. The van der Waals surface area contributed by atoms with Crippen molar-refractivity contribution in [1.82, 2.24) is 10.6 Å². The van der Waals surface area contributed by atoms with Gasteiger partial charge in [-0.15, -0.1) is 0 Å². The Morgan fingerprint density at radius 1 is 1.36 bits per heavy atom. The molecular formula is C9H9FN2OS. The molecule has 0 aliphatic carbocycles. The van der Waals surface area contributed by atoms with Gasteiger partial charge < -0.3 is 5.32 Å². The number of nitrogens with one attached hydrogen (secondary N) is 2. The van der Waals surface area contributed by atoms with Crippen LogP contribution in [0, 0.1) is 5.82 Å². The highest BCUT2D eigenvalue weighted by molar-refractivity contribution is 7.80. The van der Waals surface area contributed by atoms with Gasteiger partial charge in [0.05, 0.1) is 0 Å². The highest BCUT2D eigenvalue weighted by Gasteiger charge is 2.05. The van der Waals surface area contributed by atoms with Crippen LogP contribution in [0.15, 0.2) is 24.3 Å². The monoisotopic (exact) mass is 212 g/mol. The summed E-state index contributed by atoms with van der Waals surface area (Å²) in [7, 11) is 1.60. The molecule has 0 aromatic heterocycles. The lowest BCUT2D eigenvalue weighted by atomic mass is 10.2. The second-order valence-electron chi connectivity index (χ2n) is 2.54. The lowest BCUT2D eigenvalue weighted by molar-refractivity contribution is 0.0977. The lowest BCUT2D eigenvalue weighted by Crippen LogP contribution is -2.37. The van der Waals surface area contributed by atoms with Gasteiger partial charge in [0.15, 0.2) is 5.11 Å². The molecule has 2 N–H and O–H groups in total. The van der Waals surface area contributed by atoms with Crippen molar-refractivity contribution < 1.29 is 9.18 Å². The molecule has 74 valence electrons. The van der Waals surface area contributed by atoms with Crippen LogP contribution >= 0.6 is 12.2 Å². The zero-order valence-corrected chi connectivity index (χ0v) is 8.32. The maximum Gasteiger partial charge on any atom is 0.257 e. The molecule has 0 fully saturated rings. The van der Waals surface area contributed by atoms with Crippen LogP contribution in [-0.4, -0.2) is 18.1 Å². The molecule has 0 heterocycles. The smallest absolute Gasteiger partial charge is 0.257 e. The van der Waals surface area contributed by atoms with Gasteiger partial charge >= 0.3 is 0 Å². The summed E-state index contributed by atoms with van der Waals surface area (Å²) in [6, 6.07) is 5.22. The summed E-state index contributed by atoms with van der Waals surface area (Å²) in [5, 5.41) is 5.26. The van der Waals surface area contributed by atoms with Crippen LogP contribution in [0.2, 0.25) is 0 Å². The molecule has 1 aromatic carbocycles. The fraction of sp³-hybridized carbons (Fsp3) is 0.111. The molecule has 1 aromatic rings. The van der Waals surface area contributed by atoms with Crippen molar-refractivity contribution in [2.45, 2.75) is 0 Å². The van der Waals surface area contributed by atoms with Crippen LogP contribution in [0.5, 0.6) is 0 Å². The fourth-order valence-electron chi connectivity index (χ4n) is 0.839. The molecule has 5 heteroatoms. The van der Waals surface area contributed by atoms with E-state index in [4.69, 9.17) is 12.2 Å². The Bertz CT molecular complexity index is 350. The normalized spacial score (nSPS) is 9.29. The van der Waals surface area contributed by atoms with Gasteiger partial charge in [0.2, 0.25) is 0 Å². The van der Waals surface area contributed by atoms with E-state index in [0.717, 1.165) is 0 Å². The van der Waals surface area contributed by atoms with Crippen LogP contribution in [0.4, 0.5) is 4.39 Å². The molecule has 0 bridgehead atoms. The molecule has 3 nitrogen and oxygen atoms in total. The average molecular weight is 212 g/mol. The number of carbonyl (C=O) groups excluding carboxylic acids is 1. The van der Waals surface area contributed by atoms with Crippen molar-refractivity contribution in [2.75, 3.05) is 7.05 Å². The average Bonchev–Trinajstić information content (AvgIpc) is 2.18. The first-order valence-corrected chi connectivity index (χ1v) is 4.33. The van der Waals surface area contributed by atoms with E-state index in [2.05, 4.69) is 10.6 Å². The van der Waals surface area contributed by atoms with Crippen LogP contribution in [0.1, 0.15) is 10.4 Å². The molecule has 0 aliphatic heterocycles. The molecule has 1 rings (SSSR count). The molecule has 0 unspecified atom stereocenters. The Morgan fingerprint density at radius 3 is 2.43 bits per heavy atom. The van der Waals surface area contributed by atoms with Gasteiger partial charge in [-0.05, 0) is 36.5 Å². The summed E-state index contributed by atoms with van der Waals surface area (Å²) < 4.78 is 12.5. The molecule has 0 spiro atoms. The Balaban J connectivity index is 2.70. The highest BCUT2D eigenvalue weighted by atomic mass is 32.1. The Kier molecular flexibility index (Phi) is 3.53. The topological polar surface area (TPSA) is 41.1 Å². The van der Waals surface area contributed by atoms with E-state index in [0.29, 0.717) is 5.56 Å². The van der Waals surface area contributed by atoms with E-state index in [1.807, 2.05) is 0 Å². The van der Waals surface area contributed by atoms with Gasteiger partial charge in [0.1, 0.15) is 5.82 Å². The van der Waals surface area contributed by atoms with E-state index in [1.54, 1.807) is 7.05 Å². The summed E-state index contributed by atoms with van der Waals surface area (Å²) >= 11 is 4.74. The van der Waals surface area contributed by atoms with Crippen molar-refractivity contribution in [3.63, 3.8) is 0 Å². The van der Waals surface area contributed by atoms with Crippen molar-refractivity contribution in [3.05, 3.63) is 35.6 Å².